The van der Waals surface area contributed by atoms with Crippen molar-refractivity contribution in [3.63, 3.8) is 0 Å². The highest BCUT2D eigenvalue weighted by Crippen LogP contribution is 2.32. The number of aliphatic hydroxyl groups excluding tert-OH is 1. The molecule has 0 fully saturated rings. The van der Waals surface area contributed by atoms with E-state index in [2.05, 4.69) is 9.71 Å². The Kier molecular flexibility index (Phi) is 8.99. The molecular weight excluding hydrogens is 594 g/mol. The summed E-state index contributed by atoms with van der Waals surface area (Å²) in [6.45, 7) is 3.32. The van der Waals surface area contributed by atoms with Crippen LogP contribution in [-0.2, 0) is 27.1 Å². The van der Waals surface area contributed by atoms with Gasteiger partial charge in [-0.1, -0.05) is 18.5 Å². The minimum Gasteiger partial charge on any atom is -0.488 e. The van der Waals surface area contributed by atoms with Crippen molar-refractivity contribution >= 4 is 43.2 Å². The van der Waals surface area contributed by atoms with E-state index >= 15 is 0 Å². The van der Waals surface area contributed by atoms with E-state index in [1.807, 2.05) is 6.92 Å². The third-order valence-corrected chi connectivity index (χ3v) is 10.2. The van der Waals surface area contributed by atoms with Crippen LogP contribution in [0.4, 0.5) is 5.69 Å². The number of ether oxygens (including phenoxy) is 1. The maximum absolute atomic E-state index is 13.7. The van der Waals surface area contributed by atoms with Gasteiger partial charge >= 0.3 is 0 Å². The highest BCUT2D eigenvalue weighted by Gasteiger charge is 2.35. The van der Waals surface area contributed by atoms with E-state index in [1.165, 1.54) is 75.8 Å². The van der Waals surface area contributed by atoms with Gasteiger partial charge in [-0.2, -0.15) is 12.7 Å². The molecule has 0 radical (unpaired) electrons. The Balaban J connectivity index is 1.68. The fourth-order valence-electron chi connectivity index (χ4n) is 4.38. The lowest BCUT2D eigenvalue weighted by atomic mass is 9.99. The summed E-state index contributed by atoms with van der Waals surface area (Å²) in [6, 6.07) is 9.52. The average Bonchev–Trinajstić information content (AvgIpc) is 3.38. The number of imidazole rings is 1. The summed E-state index contributed by atoms with van der Waals surface area (Å²) >= 11 is 5.92. The lowest BCUT2D eigenvalue weighted by molar-refractivity contribution is 0.0387. The van der Waals surface area contributed by atoms with Crippen molar-refractivity contribution < 1.29 is 31.5 Å². The fourth-order valence-corrected chi connectivity index (χ4v) is 6.72. The van der Waals surface area contributed by atoms with Gasteiger partial charge in [-0.3, -0.25) is 9.52 Å². The molecule has 15 heteroatoms. The van der Waals surface area contributed by atoms with Gasteiger partial charge in [0.1, 0.15) is 11.9 Å². The first-order chi connectivity index (χ1) is 19.2. The predicted octanol–water partition coefficient (Wildman–Crippen LogP) is 2.42. The number of fused-ring (bicyclic) bond motifs is 1. The second-order valence-corrected chi connectivity index (χ2v) is 14.2. The van der Waals surface area contributed by atoms with Gasteiger partial charge < -0.3 is 19.3 Å². The number of hydrogen-bond acceptors (Lipinski definition) is 8. The molecule has 2 aromatic carbocycles. The standard InChI is InChI=1S/C26H32ClN5O7S2/c1-17-12-32(18(2)15-33)26(34)22-11-20(29-40(35,36)25-14-30(3)16-28-25)7-10-23(22)39-24(17)13-31(4)41(37,38)21-8-5-19(27)6-9-21/h5-11,14,16-18,24,29,33H,12-13,15H2,1-4H3/t17-,18+,24-/m0/s1. The molecule has 0 unspecified atom stereocenters. The van der Waals surface area contributed by atoms with Crippen LogP contribution in [0.1, 0.15) is 24.2 Å². The summed E-state index contributed by atoms with van der Waals surface area (Å²) in [5, 5.41) is 10.1. The molecule has 4 rings (SSSR count). The first-order valence-corrected chi connectivity index (χ1v) is 16.0. The lowest BCUT2D eigenvalue weighted by Crippen LogP contribution is -2.50. The number of carbonyl (C=O) groups excluding carboxylic acids is 1. The molecule has 1 aliphatic heterocycles. The summed E-state index contributed by atoms with van der Waals surface area (Å²) in [7, 11) is -4.84. The highest BCUT2D eigenvalue weighted by molar-refractivity contribution is 7.92. The van der Waals surface area contributed by atoms with Crippen LogP contribution < -0.4 is 9.46 Å². The van der Waals surface area contributed by atoms with E-state index in [9.17, 15) is 26.7 Å². The van der Waals surface area contributed by atoms with E-state index < -0.39 is 38.1 Å². The molecule has 0 saturated carbocycles. The van der Waals surface area contributed by atoms with Crippen molar-refractivity contribution in [3.05, 3.63) is 65.6 Å². The summed E-state index contributed by atoms with van der Waals surface area (Å²) < 4.78 is 63.5. The van der Waals surface area contributed by atoms with Gasteiger partial charge in [0.05, 0.1) is 36.0 Å². The first kappa shape index (κ1) is 30.8. The number of hydrogen-bond donors (Lipinski definition) is 2. The maximum Gasteiger partial charge on any atom is 0.280 e. The van der Waals surface area contributed by atoms with Gasteiger partial charge in [-0.05, 0) is 49.4 Å². The molecule has 1 amide bonds. The molecule has 0 saturated heterocycles. The van der Waals surface area contributed by atoms with Gasteiger partial charge in [-0.25, -0.2) is 13.4 Å². The minimum atomic E-state index is -4.04. The summed E-state index contributed by atoms with van der Waals surface area (Å²) in [6.07, 6.45) is 2.00. The average molecular weight is 626 g/mol. The largest absolute Gasteiger partial charge is 0.488 e. The van der Waals surface area contributed by atoms with Crippen LogP contribution in [0, 0.1) is 5.92 Å². The van der Waals surface area contributed by atoms with Crippen molar-refractivity contribution in [2.24, 2.45) is 13.0 Å². The molecule has 2 heterocycles. The molecule has 1 aromatic heterocycles. The summed E-state index contributed by atoms with van der Waals surface area (Å²) in [4.78, 5) is 19.1. The second-order valence-electron chi connectivity index (χ2n) is 10.1. The third-order valence-electron chi connectivity index (χ3n) is 6.83. The normalized spacial score (nSPS) is 18.8. The zero-order valence-corrected chi connectivity index (χ0v) is 25.3. The van der Waals surface area contributed by atoms with Crippen molar-refractivity contribution in [1.29, 1.82) is 0 Å². The van der Waals surface area contributed by atoms with E-state index in [0.29, 0.717) is 5.02 Å². The Hall–Kier alpha value is -3.17. The molecule has 1 aliphatic rings. The van der Waals surface area contributed by atoms with Gasteiger partial charge in [0, 0.05) is 43.5 Å². The number of nitrogens with zero attached hydrogens (tertiary/aromatic N) is 4. The van der Waals surface area contributed by atoms with E-state index in [1.54, 1.807) is 14.0 Å². The predicted molar refractivity (Wildman–Crippen MR) is 153 cm³/mol. The molecule has 222 valence electrons. The topological polar surface area (TPSA) is 151 Å². The Bertz CT molecular complexity index is 1630. The number of rotatable bonds is 9. The second kappa shape index (κ2) is 12.0. The number of aryl methyl sites for hydroxylation is 1. The van der Waals surface area contributed by atoms with Crippen LogP contribution in [0.5, 0.6) is 5.75 Å². The molecule has 12 nitrogen and oxygen atoms in total. The molecule has 3 aromatic rings. The number of sulfonamides is 2. The Labute approximate surface area is 244 Å². The van der Waals surface area contributed by atoms with Crippen molar-refractivity contribution in [1.82, 2.24) is 18.8 Å². The Morgan fingerprint density at radius 1 is 1.20 bits per heavy atom. The van der Waals surface area contributed by atoms with Gasteiger partial charge in [-0.15, -0.1) is 0 Å². The lowest BCUT2D eigenvalue weighted by Gasteiger charge is -2.38. The SMILES string of the molecule is C[C@H](CO)N1C[C@H](C)[C@H](CN(C)S(=O)(=O)c2ccc(Cl)cc2)Oc2ccc(NS(=O)(=O)c3cn(C)cn3)cc2C1=O. The number of anilines is 1. The van der Waals surface area contributed by atoms with E-state index in [-0.39, 0.29) is 52.5 Å². The number of benzene rings is 2. The van der Waals surface area contributed by atoms with Crippen LogP contribution in [0.3, 0.4) is 0 Å². The van der Waals surface area contributed by atoms with Gasteiger partial charge in [0.2, 0.25) is 10.0 Å². The molecule has 2 N–H and O–H groups in total. The molecule has 0 aliphatic carbocycles. The van der Waals surface area contributed by atoms with Crippen molar-refractivity contribution in [2.45, 2.75) is 35.9 Å². The molecule has 0 spiro atoms. The Morgan fingerprint density at radius 2 is 1.88 bits per heavy atom. The first-order valence-electron chi connectivity index (χ1n) is 12.7. The van der Waals surface area contributed by atoms with E-state index in [0.717, 1.165) is 0 Å². The monoisotopic (exact) mass is 625 g/mol. The van der Waals surface area contributed by atoms with Crippen LogP contribution >= 0.6 is 11.6 Å². The van der Waals surface area contributed by atoms with Crippen LogP contribution in [0.2, 0.25) is 5.02 Å². The van der Waals surface area contributed by atoms with E-state index in [4.69, 9.17) is 16.3 Å². The van der Waals surface area contributed by atoms with Crippen LogP contribution in [0.25, 0.3) is 0 Å². The number of nitrogens with one attached hydrogen (secondary N) is 1. The number of aliphatic hydroxyl groups is 1. The van der Waals surface area contributed by atoms with Crippen LogP contribution in [-0.4, -0.2) is 85.5 Å². The Morgan fingerprint density at radius 3 is 2.49 bits per heavy atom. The molecule has 0 bridgehead atoms. The third kappa shape index (κ3) is 6.67. The maximum atomic E-state index is 13.7. The van der Waals surface area contributed by atoms with Gasteiger partial charge in [0.15, 0.2) is 5.03 Å². The molecule has 41 heavy (non-hydrogen) atoms. The van der Waals surface area contributed by atoms with Crippen LogP contribution in [0.15, 0.2) is 64.9 Å². The number of amides is 1. The van der Waals surface area contributed by atoms with Gasteiger partial charge in [0.25, 0.3) is 15.9 Å². The summed E-state index contributed by atoms with van der Waals surface area (Å²) in [5.74, 6) is -0.654. The smallest absolute Gasteiger partial charge is 0.280 e. The molecular formula is C26H32ClN5O7S2. The minimum absolute atomic E-state index is 0.0465. The zero-order valence-electron chi connectivity index (χ0n) is 22.9. The molecule has 3 atom stereocenters. The number of likely N-dealkylation sites (N-methyl/N-ethyl adjacent to an activating group) is 1. The summed E-state index contributed by atoms with van der Waals surface area (Å²) in [5.41, 5.74) is 0.169. The van der Waals surface area contributed by atoms with Crippen molar-refractivity contribution in [3.8, 4) is 5.75 Å². The zero-order chi connectivity index (χ0) is 30.1. The quantitative estimate of drug-likeness (QED) is 0.368. The number of carbonyl (C=O) groups is 1. The highest BCUT2D eigenvalue weighted by atomic mass is 35.5. The fraction of sp³-hybridized carbons (Fsp3) is 0.385. The number of aromatic nitrogens is 2. The van der Waals surface area contributed by atoms with Crippen molar-refractivity contribution in [2.75, 3.05) is 31.5 Å². The number of halogens is 1.